The fourth-order valence-electron chi connectivity index (χ4n) is 0.519. The molecule has 0 amide bonds. The summed E-state index contributed by atoms with van der Waals surface area (Å²) in [5.41, 5.74) is 0.438. The van der Waals surface area contributed by atoms with Crippen LogP contribution in [0.25, 0.3) is 0 Å². The molecule has 0 bridgehead atoms. The highest BCUT2D eigenvalue weighted by Gasteiger charge is 2.00. The van der Waals surface area contributed by atoms with Crippen molar-refractivity contribution in [2.75, 3.05) is 0 Å². The minimum atomic E-state index is -0.467. The summed E-state index contributed by atoms with van der Waals surface area (Å²) in [4.78, 5) is 14.3. The van der Waals surface area contributed by atoms with E-state index in [-0.39, 0.29) is 12.4 Å². The van der Waals surface area contributed by atoms with Crippen molar-refractivity contribution in [3.63, 3.8) is 0 Å². The molecule has 0 atom stereocenters. The van der Waals surface area contributed by atoms with E-state index in [0.717, 1.165) is 3.57 Å². The fourth-order valence-corrected chi connectivity index (χ4v) is 1.12. The lowest BCUT2D eigenvalue weighted by Crippen LogP contribution is -1.89. The summed E-state index contributed by atoms with van der Waals surface area (Å²) >= 11 is 7.26. The molecule has 1 aromatic heterocycles. The largest absolute Gasteiger partial charge is 0.276 e. The second-order valence-corrected chi connectivity index (χ2v) is 3.25. The highest BCUT2D eigenvalue weighted by Crippen LogP contribution is 2.07. The van der Waals surface area contributed by atoms with Gasteiger partial charge in [-0.25, -0.2) is 0 Å². The van der Waals surface area contributed by atoms with E-state index in [1.165, 1.54) is 6.20 Å². The summed E-state index contributed by atoms with van der Waals surface area (Å²) in [6.07, 6.45) is 3.10. The predicted octanol–water partition coefficient (Wildman–Crippen LogP) is 2.49. The van der Waals surface area contributed by atoms with Gasteiger partial charge in [-0.1, -0.05) is 0 Å². The fraction of sp³-hybridized carbons (Fsp3) is 0. The highest BCUT2D eigenvalue weighted by molar-refractivity contribution is 14.1. The maximum Gasteiger partial charge on any atom is 0.253 e. The molecule has 0 saturated carbocycles. The number of hydrogen-bond donors (Lipinski definition) is 0. The maximum atomic E-state index is 10.5. The molecule has 11 heavy (non-hydrogen) atoms. The third-order valence-electron chi connectivity index (χ3n) is 0.932. The maximum absolute atomic E-state index is 10.5. The molecular weight excluding hydrogens is 300 g/mol. The summed E-state index contributed by atoms with van der Waals surface area (Å²) in [5, 5.41) is -0.467. The first-order valence-electron chi connectivity index (χ1n) is 2.50. The summed E-state index contributed by atoms with van der Waals surface area (Å²) in [6, 6.07) is 1.68. The molecule has 60 valence electrons. The van der Waals surface area contributed by atoms with E-state index in [9.17, 15) is 4.79 Å². The van der Waals surface area contributed by atoms with Gasteiger partial charge in [-0.3, -0.25) is 9.78 Å². The summed E-state index contributed by atoms with van der Waals surface area (Å²) in [6.45, 7) is 0. The Balaban J connectivity index is 0.000001000. The molecule has 0 fully saturated rings. The number of pyridine rings is 1. The van der Waals surface area contributed by atoms with Crippen molar-refractivity contribution in [1.29, 1.82) is 0 Å². The van der Waals surface area contributed by atoms with Crippen molar-refractivity contribution in [2.45, 2.75) is 0 Å². The van der Waals surface area contributed by atoms with Crippen molar-refractivity contribution in [1.82, 2.24) is 4.98 Å². The Morgan fingerprint density at radius 1 is 1.55 bits per heavy atom. The molecule has 0 saturated heterocycles. The highest BCUT2D eigenvalue weighted by atomic mass is 127. The molecule has 1 heterocycles. The van der Waals surface area contributed by atoms with Crippen LogP contribution in [0, 0.1) is 3.57 Å². The van der Waals surface area contributed by atoms with Gasteiger partial charge in [0.2, 0.25) is 0 Å². The average Bonchev–Trinajstić information content (AvgIpc) is 1.88. The zero-order valence-electron chi connectivity index (χ0n) is 5.25. The lowest BCUT2D eigenvalue weighted by molar-refractivity contribution is 0.108. The number of halogens is 3. The van der Waals surface area contributed by atoms with E-state index in [4.69, 9.17) is 11.6 Å². The summed E-state index contributed by atoms with van der Waals surface area (Å²) in [7, 11) is 0. The molecule has 0 aromatic carbocycles. The molecule has 1 aromatic rings. The normalized spacial score (nSPS) is 8.55. The molecule has 0 aliphatic rings. The van der Waals surface area contributed by atoms with E-state index in [0.29, 0.717) is 5.56 Å². The van der Waals surface area contributed by atoms with Crippen LogP contribution in [-0.4, -0.2) is 10.2 Å². The monoisotopic (exact) mass is 303 g/mol. The smallest absolute Gasteiger partial charge is 0.253 e. The Labute approximate surface area is 88.9 Å². The molecule has 1 rings (SSSR count). The minimum Gasteiger partial charge on any atom is -0.276 e. The minimum absolute atomic E-state index is 0. The Morgan fingerprint density at radius 3 is 2.55 bits per heavy atom. The number of carbonyl (C=O) groups is 1. The molecule has 0 spiro atoms. The SMILES string of the molecule is Cl.O=C(Cl)c1cncc(I)c1. The van der Waals surface area contributed by atoms with Crippen LogP contribution in [0.4, 0.5) is 0 Å². The van der Waals surface area contributed by atoms with E-state index in [1.807, 2.05) is 0 Å². The first kappa shape index (κ1) is 11.1. The van der Waals surface area contributed by atoms with Crippen LogP contribution in [0.5, 0.6) is 0 Å². The number of rotatable bonds is 1. The second kappa shape index (κ2) is 4.90. The van der Waals surface area contributed by atoms with Crippen molar-refractivity contribution in [3.05, 3.63) is 27.6 Å². The van der Waals surface area contributed by atoms with Gasteiger partial charge in [0.05, 0.1) is 5.56 Å². The van der Waals surface area contributed by atoms with E-state index in [1.54, 1.807) is 12.3 Å². The average molecular weight is 304 g/mol. The lowest BCUT2D eigenvalue weighted by atomic mass is 10.3. The van der Waals surface area contributed by atoms with Crippen LogP contribution in [0.15, 0.2) is 18.5 Å². The van der Waals surface area contributed by atoms with Crippen molar-refractivity contribution >= 4 is 51.8 Å². The van der Waals surface area contributed by atoms with Gasteiger partial charge in [-0.05, 0) is 40.3 Å². The van der Waals surface area contributed by atoms with Crippen LogP contribution in [0.3, 0.4) is 0 Å². The standard InChI is InChI=1S/C6H3ClINO.ClH/c7-6(10)4-1-5(8)3-9-2-4;/h1-3H;1H. The topological polar surface area (TPSA) is 30.0 Å². The lowest BCUT2D eigenvalue weighted by Gasteiger charge is -1.91. The van der Waals surface area contributed by atoms with Crippen LogP contribution in [0.1, 0.15) is 10.4 Å². The molecular formula is C6H4Cl2INO. The molecule has 0 aliphatic carbocycles. The predicted molar refractivity (Wildman–Crippen MR) is 54.4 cm³/mol. The zero-order chi connectivity index (χ0) is 7.56. The third-order valence-corrected chi connectivity index (χ3v) is 1.74. The molecule has 0 unspecified atom stereocenters. The molecule has 0 aliphatic heterocycles. The molecule has 0 N–H and O–H groups in total. The Kier molecular flexibility index (Phi) is 4.96. The van der Waals surface area contributed by atoms with Gasteiger partial charge in [0, 0.05) is 16.0 Å². The van der Waals surface area contributed by atoms with Gasteiger partial charge in [-0.2, -0.15) is 0 Å². The first-order chi connectivity index (χ1) is 4.70. The van der Waals surface area contributed by atoms with E-state index in [2.05, 4.69) is 27.6 Å². The van der Waals surface area contributed by atoms with Gasteiger partial charge in [-0.15, -0.1) is 12.4 Å². The van der Waals surface area contributed by atoms with Crippen LogP contribution in [-0.2, 0) is 0 Å². The number of nitrogens with zero attached hydrogens (tertiary/aromatic N) is 1. The Morgan fingerprint density at radius 2 is 2.18 bits per heavy atom. The van der Waals surface area contributed by atoms with Gasteiger partial charge in [0.15, 0.2) is 0 Å². The van der Waals surface area contributed by atoms with Crippen LogP contribution < -0.4 is 0 Å². The molecule has 0 radical (unpaired) electrons. The van der Waals surface area contributed by atoms with E-state index < -0.39 is 5.24 Å². The third kappa shape index (κ3) is 3.35. The van der Waals surface area contributed by atoms with E-state index >= 15 is 0 Å². The second-order valence-electron chi connectivity index (χ2n) is 1.67. The van der Waals surface area contributed by atoms with Gasteiger partial charge in [0.25, 0.3) is 5.24 Å². The van der Waals surface area contributed by atoms with Gasteiger partial charge >= 0.3 is 0 Å². The van der Waals surface area contributed by atoms with Crippen molar-refractivity contribution < 1.29 is 4.79 Å². The Bertz CT molecular complexity index is 267. The Hall–Kier alpha value is 0.130. The quantitative estimate of drug-likeness (QED) is 0.589. The van der Waals surface area contributed by atoms with Crippen molar-refractivity contribution in [2.24, 2.45) is 0 Å². The molecule has 2 nitrogen and oxygen atoms in total. The van der Waals surface area contributed by atoms with Gasteiger partial charge < -0.3 is 0 Å². The number of carbonyl (C=O) groups excluding carboxylic acids is 1. The summed E-state index contributed by atoms with van der Waals surface area (Å²) < 4.78 is 0.907. The van der Waals surface area contributed by atoms with Crippen LogP contribution in [0.2, 0.25) is 0 Å². The first-order valence-corrected chi connectivity index (χ1v) is 3.96. The number of aromatic nitrogens is 1. The van der Waals surface area contributed by atoms with Gasteiger partial charge in [0.1, 0.15) is 0 Å². The van der Waals surface area contributed by atoms with Crippen molar-refractivity contribution in [3.8, 4) is 0 Å². The van der Waals surface area contributed by atoms with Crippen LogP contribution >= 0.6 is 46.6 Å². The summed E-state index contributed by atoms with van der Waals surface area (Å²) in [5.74, 6) is 0. The number of hydrogen-bond acceptors (Lipinski definition) is 2. The molecule has 5 heteroatoms. The zero-order valence-corrected chi connectivity index (χ0v) is 8.98.